The van der Waals surface area contributed by atoms with Gasteiger partial charge in [0.2, 0.25) is 0 Å². The summed E-state index contributed by atoms with van der Waals surface area (Å²) in [6.07, 6.45) is -2.56. The van der Waals surface area contributed by atoms with Crippen LogP contribution in [0, 0.1) is 0 Å². The molecule has 13 nitrogen and oxygen atoms in total. The van der Waals surface area contributed by atoms with Gasteiger partial charge in [-0.05, 0) is 55.4 Å². The summed E-state index contributed by atoms with van der Waals surface area (Å²) in [5, 5.41) is 13.5. The molecule has 0 unspecified atom stereocenters. The molecular formula is C25H41N11O2. The molecule has 0 aromatic carbocycles. The standard InChI is InChI=1S/C10H13N7.C9H18N2O2.C5H6N2.CH4/c1-2-4-12-9(3-1)17-10(13-14-15-17)16-7-5-11-6-8-16;1-9(2,3)13-8(12)11-6-4-10-5-7-11;6-5-3-1-2-4-7-5;/h1-4,11H,5-8H2;10H,4-7H2,1-3H3;1-4H,(H2,6,7);1H4/i1D,2D,3D,4D,5D2,6D2,7D2,8D2;4D2,5D2,6D2,7D2;1D,2D,3D,4D;. The molecule has 2 aliphatic rings. The topological polar surface area (TPSA) is 152 Å². The van der Waals surface area contributed by atoms with Gasteiger partial charge in [0.1, 0.15) is 11.4 Å². The molecule has 3 aromatic heterocycles. The Morgan fingerprint density at radius 1 is 1.00 bits per heavy atom. The van der Waals surface area contributed by atoms with E-state index in [1.165, 1.54) is 20.8 Å². The number of pyridine rings is 2. The van der Waals surface area contributed by atoms with Gasteiger partial charge in [-0.2, -0.15) is 4.68 Å². The van der Waals surface area contributed by atoms with E-state index in [1.54, 1.807) is 10.6 Å². The number of nitrogens with one attached hydrogen (secondary N) is 2. The van der Waals surface area contributed by atoms with Gasteiger partial charge in [0.05, 0.1) is 21.9 Å². The van der Waals surface area contributed by atoms with Crippen molar-refractivity contribution in [2.75, 3.05) is 62.6 Å². The van der Waals surface area contributed by atoms with Crippen LogP contribution in [0.3, 0.4) is 0 Å². The number of piperazine rings is 2. The second kappa shape index (κ2) is 15.4. The van der Waals surface area contributed by atoms with E-state index in [2.05, 4.69) is 25.5 Å². The number of amides is 1. The maximum absolute atomic E-state index is 12.1. The number of hydrogen-bond acceptors (Lipinski definition) is 11. The molecule has 0 atom stereocenters. The van der Waals surface area contributed by atoms with Crippen molar-refractivity contribution in [3.8, 4) is 5.82 Å². The first kappa shape index (κ1) is 10.7. The molecule has 0 saturated carbocycles. The summed E-state index contributed by atoms with van der Waals surface area (Å²) in [7, 11) is 0. The Bertz CT molecular complexity index is 2080. The zero-order valence-electron chi connectivity index (χ0n) is 43.5. The molecule has 13 heteroatoms. The van der Waals surface area contributed by atoms with E-state index >= 15 is 0 Å². The summed E-state index contributed by atoms with van der Waals surface area (Å²) in [6.45, 7) is -20.6. The minimum absolute atomic E-state index is 0. The van der Waals surface area contributed by atoms with Gasteiger partial charge in [0.15, 0.2) is 5.82 Å². The second-order valence-corrected chi connectivity index (χ2v) is 7.15. The number of carbonyl (C=O) groups excluding carboxylic acids is 1. The van der Waals surface area contributed by atoms with Crippen LogP contribution < -0.4 is 21.3 Å². The van der Waals surface area contributed by atoms with E-state index in [4.69, 9.17) is 43.4 Å². The van der Waals surface area contributed by atoms with Crippen LogP contribution in [-0.2, 0) is 4.74 Å². The van der Waals surface area contributed by atoms with Gasteiger partial charge in [0, 0.05) is 75.3 Å². The van der Waals surface area contributed by atoms with Crippen LogP contribution in [0.15, 0.2) is 48.6 Å². The summed E-state index contributed by atoms with van der Waals surface area (Å²) in [5.74, 6) is -1.63. The zero-order chi connectivity index (χ0) is 47.8. The molecule has 0 bridgehead atoms. The Kier molecular flexibility index (Phi) is 4.36. The fourth-order valence-corrected chi connectivity index (χ4v) is 1.98. The highest BCUT2D eigenvalue weighted by atomic mass is 16.6. The maximum atomic E-state index is 12.1. The van der Waals surface area contributed by atoms with Crippen molar-refractivity contribution >= 4 is 17.9 Å². The molecule has 208 valence electrons. The SMILES string of the molecule is C.[2H]C1([2H])NC([2H])([2H])C([2H])([2H])N(C(=O)OC(C)(C)C)C1([2H])[2H].[2H]c1nc(-n2nnnc2N2C([2H])([2H])C([2H])([2H])NC([2H])([2H])C2([2H])[2H])c([2H])c([2H])c1[2H].[2H]c1nc(N)c([2H])c([2H])c1[2H]. The largest absolute Gasteiger partial charge is 0.444 e. The number of aromatic nitrogens is 6. The molecule has 38 heavy (non-hydrogen) atoms. The van der Waals surface area contributed by atoms with Crippen LogP contribution >= 0.6 is 0 Å². The quantitative estimate of drug-likeness (QED) is 0.426. The number of carbonyl (C=O) groups is 1. The summed E-state index contributed by atoms with van der Waals surface area (Å²) >= 11 is 0. The van der Waals surface area contributed by atoms with Gasteiger partial charge in [0.25, 0.3) is 5.95 Å². The lowest BCUT2D eigenvalue weighted by molar-refractivity contribution is 0.0229. The van der Waals surface area contributed by atoms with Crippen LogP contribution in [0.5, 0.6) is 0 Å². The highest BCUT2D eigenvalue weighted by Crippen LogP contribution is 2.13. The third-order valence-electron chi connectivity index (χ3n) is 3.29. The third-order valence-corrected chi connectivity index (χ3v) is 3.29. The summed E-state index contributed by atoms with van der Waals surface area (Å²) in [6, 6.07) is -3.08. The van der Waals surface area contributed by atoms with E-state index in [1.807, 2.05) is 0 Å². The maximum Gasteiger partial charge on any atom is 0.410 e. The fraction of sp³-hybridized carbons (Fsp3) is 0.520. The number of anilines is 2. The van der Waals surface area contributed by atoms with Crippen molar-refractivity contribution in [3.05, 3.63) is 48.6 Å². The van der Waals surface area contributed by atoms with Crippen molar-refractivity contribution < 1.29 is 42.4 Å². The first-order valence-electron chi connectivity index (χ1n) is 21.9. The molecule has 0 aliphatic carbocycles. The number of nitrogens with zero attached hydrogens (tertiary/aromatic N) is 8. The predicted molar refractivity (Wildman–Crippen MR) is 148 cm³/mol. The minimum atomic E-state index is -3.24. The van der Waals surface area contributed by atoms with Gasteiger partial charge in [-0.3, -0.25) is 0 Å². The van der Waals surface area contributed by atoms with Crippen molar-refractivity contribution in [1.82, 2.24) is 45.7 Å². The molecule has 1 amide bonds. The van der Waals surface area contributed by atoms with Crippen LogP contribution in [0.1, 0.15) is 61.1 Å². The van der Waals surface area contributed by atoms with Crippen LogP contribution in [-0.4, -0.2) is 98.7 Å². The molecule has 2 saturated heterocycles. The third kappa shape index (κ3) is 10.3. The van der Waals surface area contributed by atoms with Crippen molar-refractivity contribution in [3.63, 3.8) is 0 Å². The highest BCUT2D eigenvalue weighted by molar-refractivity contribution is 5.68. The lowest BCUT2D eigenvalue weighted by Gasteiger charge is -2.30. The zero-order valence-corrected chi connectivity index (χ0v) is 19.5. The number of nitrogens with two attached hydrogens (primary N) is 1. The number of nitrogen functional groups attached to an aromatic ring is 1. The molecule has 4 N–H and O–H groups in total. The lowest BCUT2D eigenvalue weighted by atomic mass is 10.2. The molecule has 0 spiro atoms. The normalized spacial score (nSPS) is 34.9. The Morgan fingerprint density at radius 2 is 1.61 bits per heavy atom. The Labute approximate surface area is 258 Å². The average Bonchev–Trinajstić information content (AvgIpc) is 3.52. The summed E-state index contributed by atoms with van der Waals surface area (Å²) < 4.78 is 189. The predicted octanol–water partition coefficient (Wildman–Crippen LogP) is 1.59. The molecule has 3 aromatic rings. The average molecular weight is 552 g/mol. The van der Waals surface area contributed by atoms with Gasteiger partial charge >= 0.3 is 6.09 Å². The highest BCUT2D eigenvalue weighted by Gasteiger charge is 2.23. The van der Waals surface area contributed by atoms with E-state index < -0.39 is 99.7 Å². The van der Waals surface area contributed by atoms with Crippen molar-refractivity contribution in [2.24, 2.45) is 0 Å². The first-order valence-corrected chi connectivity index (χ1v) is 9.91. The van der Waals surface area contributed by atoms with E-state index in [0.717, 1.165) is 0 Å². The monoisotopic (exact) mass is 551 g/mol. The van der Waals surface area contributed by atoms with Gasteiger partial charge in [-0.25, -0.2) is 14.8 Å². The Morgan fingerprint density at radius 3 is 2.26 bits per heavy atom. The van der Waals surface area contributed by atoms with E-state index in [0.29, 0.717) is 4.68 Å². The van der Waals surface area contributed by atoms with Gasteiger partial charge in [-0.1, -0.05) is 24.6 Å². The molecule has 2 fully saturated rings. The summed E-state index contributed by atoms with van der Waals surface area (Å²) in [4.78, 5) is 19.0. The van der Waals surface area contributed by atoms with E-state index in [-0.39, 0.29) is 47.3 Å². The van der Waals surface area contributed by atoms with Crippen LogP contribution in [0.2, 0.25) is 0 Å². The molecule has 0 radical (unpaired) electrons. The van der Waals surface area contributed by atoms with Crippen LogP contribution in [0.4, 0.5) is 16.6 Å². The Hall–Kier alpha value is -3.84. The number of hydrogen-bond donors (Lipinski definition) is 3. The smallest absolute Gasteiger partial charge is 0.410 e. The molecule has 5 heterocycles. The molecule has 5 rings (SSSR count). The number of tetrazole rings is 1. The lowest BCUT2D eigenvalue weighted by Crippen LogP contribution is -2.48. The first-order chi connectivity index (χ1) is 27.1. The molecular weight excluding hydrogens is 486 g/mol. The van der Waals surface area contributed by atoms with Crippen molar-refractivity contribution in [2.45, 2.75) is 33.8 Å². The van der Waals surface area contributed by atoms with Gasteiger partial charge in [-0.15, -0.1) is 0 Å². The van der Waals surface area contributed by atoms with Crippen LogP contribution in [0.25, 0.3) is 5.82 Å². The van der Waals surface area contributed by atoms with Gasteiger partial charge < -0.3 is 30.9 Å². The van der Waals surface area contributed by atoms with Crippen molar-refractivity contribution in [1.29, 1.82) is 0 Å². The number of ether oxygens (including phenoxy) is 1. The molecule has 2 aliphatic heterocycles. The Balaban J connectivity index is 0.000000350. The summed E-state index contributed by atoms with van der Waals surface area (Å²) in [5.41, 5.74) is 4.09. The minimum Gasteiger partial charge on any atom is -0.444 e. The van der Waals surface area contributed by atoms with E-state index in [9.17, 15) is 4.79 Å². The second-order valence-electron chi connectivity index (χ2n) is 7.15. The fourth-order valence-electron chi connectivity index (χ4n) is 1.98. The number of rotatable bonds is 2.